The van der Waals surface area contributed by atoms with Crippen molar-refractivity contribution in [1.82, 2.24) is 5.32 Å². The van der Waals surface area contributed by atoms with Crippen LogP contribution in [0.4, 0.5) is 5.69 Å². The summed E-state index contributed by atoms with van der Waals surface area (Å²) in [6, 6.07) is 26.6. The van der Waals surface area contributed by atoms with Gasteiger partial charge in [-0.1, -0.05) is 54.6 Å². The summed E-state index contributed by atoms with van der Waals surface area (Å²) in [5.41, 5.74) is 5.24. The average Bonchev–Trinajstić information content (AvgIpc) is 3.66. The third-order valence-electron chi connectivity index (χ3n) is 6.52. The van der Waals surface area contributed by atoms with Crippen molar-refractivity contribution in [2.45, 2.75) is 43.4 Å². The molecule has 1 heterocycles. The number of nitrogens with zero attached hydrogens (tertiary/aromatic N) is 1. The van der Waals surface area contributed by atoms with Crippen LogP contribution in [-0.4, -0.2) is 24.1 Å². The second-order valence-corrected chi connectivity index (χ2v) is 10.2. The summed E-state index contributed by atoms with van der Waals surface area (Å²) in [4.78, 5) is 27.5. The molecule has 1 saturated heterocycles. The van der Waals surface area contributed by atoms with Gasteiger partial charge >= 0.3 is 0 Å². The summed E-state index contributed by atoms with van der Waals surface area (Å²) < 4.78 is 0. The zero-order valence-corrected chi connectivity index (χ0v) is 20.1. The van der Waals surface area contributed by atoms with Crippen molar-refractivity contribution in [3.63, 3.8) is 0 Å². The molecular weight excluding hydrogens is 440 g/mol. The third-order valence-corrected chi connectivity index (χ3v) is 7.73. The van der Waals surface area contributed by atoms with E-state index < -0.39 is 0 Å². The number of carbonyl (C=O) groups excluding carboxylic acids is 2. The van der Waals surface area contributed by atoms with Crippen LogP contribution in [0.3, 0.4) is 0 Å². The largest absolute Gasteiger partial charge is 0.352 e. The molecule has 2 amide bonds. The van der Waals surface area contributed by atoms with Gasteiger partial charge in [0.2, 0.25) is 5.91 Å². The van der Waals surface area contributed by atoms with Crippen LogP contribution in [0, 0.1) is 0 Å². The standard InChI is InChI=1S/C29H30N2O2S/c32-27-20-34-29(31(27)26-14-7-11-23(19-26)22-15-16-22)25-13-6-12-24(18-25)28(33)30-17-5-4-10-21-8-2-1-3-9-21/h1-3,6-9,11-14,18-19,22,29H,4-5,10,15-17,20H2,(H,30,33). The fraction of sp³-hybridized carbons (Fsp3) is 0.310. The van der Waals surface area contributed by atoms with E-state index in [1.807, 2.05) is 41.3 Å². The van der Waals surface area contributed by atoms with Crippen LogP contribution in [0.5, 0.6) is 0 Å². The Kier molecular flexibility index (Phi) is 7.00. The van der Waals surface area contributed by atoms with E-state index in [-0.39, 0.29) is 17.2 Å². The molecule has 1 atom stereocenters. The van der Waals surface area contributed by atoms with Crippen molar-refractivity contribution in [2.24, 2.45) is 0 Å². The van der Waals surface area contributed by atoms with Crippen LogP contribution >= 0.6 is 11.8 Å². The monoisotopic (exact) mass is 470 g/mol. The Bertz CT molecular complexity index is 1160. The molecule has 1 N–H and O–H groups in total. The Labute approximate surface area is 205 Å². The number of aryl methyl sites for hydroxylation is 1. The minimum atomic E-state index is -0.111. The summed E-state index contributed by atoms with van der Waals surface area (Å²) in [6.07, 6.45) is 5.48. The molecule has 34 heavy (non-hydrogen) atoms. The lowest BCUT2D eigenvalue weighted by molar-refractivity contribution is -0.115. The van der Waals surface area contributed by atoms with Crippen molar-refractivity contribution in [3.05, 3.63) is 101 Å². The van der Waals surface area contributed by atoms with E-state index in [2.05, 4.69) is 47.8 Å². The van der Waals surface area contributed by atoms with Gasteiger partial charge in [-0.15, -0.1) is 11.8 Å². The zero-order chi connectivity index (χ0) is 23.3. The highest BCUT2D eigenvalue weighted by Gasteiger charge is 2.35. The highest BCUT2D eigenvalue weighted by molar-refractivity contribution is 8.00. The molecule has 4 nitrogen and oxygen atoms in total. The molecule has 2 aliphatic rings. The number of benzene rings is 3. The lowest BCUT2D eigenvalue weighted by Crippen LogP contribution is -2.28. The van der Waals surface area contributed by atoms with Gasteiger partial charge in [-0.2, -0.15) is 0 Å². The van der Waals surface area contributed by atoms with Gasteiger partial charge in [-0.05, 0) is 79.0 Å². The topological polar surface area (TPSA) is 49.4 Å². The van der Waals surface area contributed by atoms with Crippen molar-refractivity contribution >= 4 is 29.3 Å². The van der Waals surface area contributed by atoms with Gasteiger partial charge in [-0.3, -0.25) is 14.5 Å². The maximum Gasteiger partial charge on any atom is 0.251 e. The molecule has 2 fully saturated rings. The van der Waals surface area contributed by atoms with Gasteiger partial charge in [0.1, 0.15) is 5.37 Å². The minimum Gasteiger partial charge on any atom is -0.352 e. The van der Waals surface area contributed by atoms with Gasteiger partial charge < -0.3 is 5.32 Å². The smallest absolute Gasteiger partial charge is 0.251 e. The highest BCUT2D eigenvalue weighted by Crippen LogP contribution is 2.45. The quantitative estimate of drug-likeness (QED) is 0.385. The number of amides is 2. The lowest BCUT2D eigenvalue weighted by atomic mass is 10.1. The van der Waals surface area contributed by atoms with E-state index in [1.165, 1.54) is 24.0 Å². The third kappa shape index (κ3) is 5.36. The first-order chi connectivity index (χ1) is 16.7. The number of carbonyl (C=O) groups is 2. The Balaban J connectivity index is 1.21. The molecule has 0 spiro atoms. The molecule has 3 aromatic carbocycles. The van der Waals surface area contributed by atoms with Crippen LogP contribution < -0.4 is 10.2 Å². The van der Waals surface area contributed by atoms with E-state index >= 15 is 0 Å². The number of rotatable bonds is 9. The molecule has 0 bridgehead atoms. The van der Waals surface area contributed by atoms with E-state index in [0.29, 0.717) is 23.8 Å². The predicted molar refractivity (Wildman–Crippen MR) is 139 cm³/mol. The van der Waals surface area contributed by atoms with E-state index in [4.69, 9.17) is 0 Å². The maximum absolute atomic E-state index is 12.8. The second kappa shape index (κ2) is 10.5. The van der Waals surface area contributed by atoms with Crippen LogP contribution in [-0.2, 0) is 11.2 Å². The highest BCUT2D eigenvalue weighted by atomic mass is 32.2. The van der Waals surface area contributed by atoms with Crippen LogP contribution in [0.25, 0.3) is 0 Å². The number of thioether (sulfide) groups is 1. The fourth-order valence-electron chi connectivity index (χ4n) is 4.53. The van der Waals surface area contributed by atoms with Crippen molar-refractivity contribution in [3.8, 4) is 0 Å². The van der Waals surface area contributed by atoms with Crippen LogP contribution in [0.1, 0.15) is 64.0 Å². The maximum atomic E-state index is 12.8. The Hall–Kier alpha value is -3.05. The summed E-state index contributed by atoms with van der Waals surface area (Å²) in [5, 5.41) is 2.94. The number of hydrogen-bond acceptors (Lipinski definition) is 3. The Morgan fingerprint density at radius 3 is 2.53 bits per heavy atom. The van der Waals surface area contributed by atoms with Crippen LogP contribution in [0.15, 0.2) is 78.9 Å². The van der Waals surface area contributed by atoms with Crippen molar-refractivity contribution in [1.29, 1.82) is 0 Å². The number of nitrogens with one attached hydrogen (secondary N) is 1. The van der Waals surface area contributed by atoms with Gasteiger partial charge in [0.25, 0.3) is 5.91 Å². The van der Waals surface area contributed by atoms with E-state index in [1.54, 1.807) is 11.8 Å². The summed E-state index contributed by atoms with van der Waals surface area (Å²) >= 11 is 1.62. The molecule has 5 rings (SSSR count). The van der Waals surface area contributed by atoms with E-state index in [9.17, 15) is 9.59 Å². The second-order valence-electron chi connectivity index (χ2n) is 9.12. The molecule has 1 aliphatic carbocycles. The fourth-order valence-corrected chi connectivity index (χ4v) is 5.70. The lowest BCUT2D eigenvalue weighted by Gasteiger charge is -2.25. The molecule has 0 aromatic heterocycles. The minimum absolute atomic E-state index is 0.0573. The number of hydrogen-bond donors (Lipinski definition) is 1. The SMILES string of the molecule is O=C(NCCCCc1ccccc1)c1cccc(C2SCC(=O)N2c2cccc(C3CC3)c2)c1. The van der Waals surface area contributed by atoms with Gasteiger partial charge in [-0.25, -0.2) is 0 Å². The summed E-state index contributed by atoms with van der Waals surface area (Å²) in [5.74, 6) is 1.16. The molecule has 5 heteroatoms. The zero-order valence-electron chi connectivity index (χ0n) is 19.3. The predicted octanol–water partition coefficient (Wildman–Crippen LogP) is 6.10. The van der Waals surface area contributed by atoms with Crippen LogP contribution in [0.2, 0.25) is 0 Å². The Morgan fingerprint density at radius 1 is 0.912 bits per heavy atom. The normalized spacial score (nSPS) is 17.7. The van der Waals surface area contributed by atoms with Gasteiger partial charge in [0, 0.05) is 17.8 Å². The van der Waals surface area contributed by atoms with Crippen molar-refractivity contribution < 1.29 is 9.59 Å². The molecule has 1 unspecified atom stereocenters. The first-order valence-corrected chi connectivity index (χ1v) is 13.2. The number of anilines is 1. The van der Waals surface area contributed by atoms with Crippen molar-refractivity contribution in [2.75, 3.05) is 17.2 Å². The van der Waals surface area contributed by atoms with Gasteiger partial charge in [0.05, 0.1) is 5.75 Å². The molecule has 0 radical (unpaired) electrons. The first kappa shape index (κ1) is 22.7. The first-order valence-electron chi connectivity index (χ1n) is 12.1. The van der Waals surface area contributed by atoms with Gasteiger partial charge in [0.15, 0.2) is 0 Å². The molecule has 3 aromatic rings. The Morgan fingerprint density at radius 2 is 1.71 bits per heavy atom. The summed E-state index contributed by atoms with van der Waals surface area (Å²) in [6.45, 7) is 0.659. The molecular formula is C29H30N2O2S. The molecule has 1 saturated carbocycles. The van der Waals surface area contributed by atoms with E-state index in [0.717, 1.165) is 30.5 Å². The number of unbranched alkanes of at least 4 members (excludes halogenated alkanes) is 1. The average molecular weight is 471 g/mol. The molecule has 174 valence electrons. The summed E-state index contributed by atoms with van der Waals surface area (Å²) in [7, 11) is 0. The molecule has 1 aliphatic heterocycles.